The van der Waals surface area contributed by atoms with E-state index in [0.29, 0.717) is 5.54 Å². The second kappa shape index (κ2) is 5.79. The molecule has 1 aliphatic rings. The first-order valence-electron chi connectivity index (χ1n) is 6.36. The molecular weight excluding hydrogens is 267 g/mol. The SMILES string of the molecule is CN(C)C1(CNCc2c(Cl)cccc2Cl)CCC1. The van der Waals surface area contributed by atoms with E-state index < -0.39 is 0 Å². The number of nitrogens with zero attached hydrogens (tertiary/aromatic N) is 1. The lowest BCUT2D eigenvalue weighted by Gasteiger charge is -2.47. The average molecular weight is 287 g/mol. The van der Waals surface area contributed by atoms with Gasteiger partial charge in [-0.2, -0.15) is 0 Å². The van der Waals surface area contributed by atoms with Crippen LogP contribution in [0, 0.1) is 0 Å². The van der Waals surface area contributed by atoms with E-state index in [0.717, 1.165) is 28.7 Å². The third-order valence-corrected chi connectivity index (χ3v) is 4.76. The van der Waals surface area contributed by atoms with Crippen molar-refractivity contribution in [3.05, 3.63) is 33.8 Å². The predicted octanol–water partition coefficient (Wildman–Crippen LogP) is 3.57. The number of nitrogens with one attached hydrogen (secondary N) is 1. The Morgan fingerprint density at radius 2 is 1.83 bits per heavy atom. The summed E-state index contributed by atoms with van der Waals surface area (Å²) in [6.45, 7) is 1.72. The van der Waals surface area contributed by atoms with Crippen molar-refractivity contribution in [2.45, 2.75) is 31.3 Å². The molecule has 4 heteroatoms. The Balaban J connectivity index is 1.92. The highest BCUT2D eigenvalue weighted by atomic mass is 35.5. The topological polar surface area (TPSA) is 15.3 Å². The highest BCUT2D eigenvalue weighted by Crippen LogP contribution is 2.35. The van der Waals surface area contributed by atoms with E-state index in [1.54, 1.807) is 0 Å². The van der Waals surface area contributed by atoms with Gasteiger partial charge in [0.15, 0.2) is 0 Å². The summed E-state index contributed by atoms with van der Waals surface area (Å²) in [7, 11) is 4.31. The van der Waals surface area contributed by atoms with Gasteiger partial charge < -0.3 is 10.2 Å². The molecular formula is C14H20Cl2N2. The fourth-order valence-corrected chi connectivity index (χ4v) is 3.02. The molecule has 0 spiro atoms. The van der Waals surface area contributed by atoms with Crippen LogP contribution in [0.25, 0.3) is 0 Å². The molecule has 1 aromatic carbocycles. The molecule has 0 bridgehead atoms. The van der Waals surface area contributed by atoms with Gasteiger partial charge in [0, 0.05) is 34.2 Å². The van der Waals surface area contributed by atoms with Crippen molar-refractivity contribution in [3.63, 3.8) is 0 Å². The van der Waals surface area contributed by atoms with Crippen LogP contribution in [0.2, 0.25) is 10.0 Å². The minimum atomic E-state index is 0.327. The van der Waals surface area contributed by atoms with Crippen molar-refractivity contribution in [3.8, 4) is 0 Å². The van der Waals surface area contributed by atoms with Crippen LogP contribution >= 0.6 is 23.2 Å². The Labute approximate surface area is 119 Å². The van der Waals surface area contributed by atoms with Gasteiger partial charge in [0.2, 0.25) is 0 Å². The van der Waals surface area contributed by atoms with Crippen LogP contribution in [0.1, 0.15) is 24.8 Å². The van der Waals surface area contributed by atoms with Crippen LogP contribution in [0.3, 0.4) is 0 Å². The van der Waals surface area contributed by atoms with Gasteiger partial charge in [0.1, 0.15) is 0 Å². The summed E-state index contributed by atoms with van der Waals surface area (Å²) in [5.74, 6) is 0. The molecule has 2 nitrogen and oxygen atoms in total. The van der Waals surface area contributed by atoms with Crippen LogP contribution in [-0.4, -0.2) is 31.1 Å². The fourth-order valence-electron chi connectivity index (χ4n) is 2.49. The third kappa shape index (κ3) is 2.83. The third-order valence-electron chi connectivity index (χ3n) is 4.05. The van der Waals surface area contributed by atoms with Crippen LogP contribution in [0.4, 0.5) is 0 Å². The first kappa shape index (κ1) is 14.1. The summed E-state index contributed by atoms with van der Waals surface area (Å²) in [4.78, 5) is 2.33. The molecule has 1 saturated carbocycles. The fraction of sp³-hybridized carbons (Fsp3) is 0.571. The number of hydrogen-bond donors (Lipinski definition) is 1. The van der Waals surface area contributed by atoms with Gasteiger partial charge >= 0.3 is 0 Å². The lowest BCUT2D eigenvalue weighted by molar-refractivity contribution is 0.0598. The van der Waals surface area contributed by atoms with Crippen molar-refractivity contribution < 1.29 is 0 Å². The Hall–Kier alpha value is -0.280. The molecule has 0 heterocycles. The van der Waals surface area contributed by atoms with E-state index in [2.05, 4.69) is 24.3 Å². The number of hydrogen-bond acceptors (Lipinski definition) is 2. The summed E-state index contributed by atoms with van der Waals surface area (Å²) >= 11 is 12.3. The molecule has 0 amide bonds. The lowest BCUT2D eigenvalue weighted by atomic mass is 9.75. The smallest absolute Gasteiger partial charge is 0.0465 e. The number of benzene rings is 1. The molecule has 0 aliphatic heterocycles. The summed E-state index contributed by atoms with van der Waals surface area (Å²) in [5, 5.41) is 4.97. The Bertz CT molecular complexity index is 394. The molecule has 0 aromatic heterocycles. The molecule has 1 N–H and O–H groups in total. The molecule has 100 valence electrons. The summed E-state index contributed by atoms with van der Waals surface area (Å²) < 4.78 is 0. The van der Waals surface area contributed by atoms with Crippen LogP contribution in [0.5, 0.6) is 0 Å². The molecule has 18 heavy (non-hydrogen) atoms. The van der Waals surface area contributed by atoms with E-state index in [1.807, 2.05) is 18.2 Å². The Morgan fingerprint density at radius 3 is 2.28 bits per heavy atom. The minimum absolute atomic E-state index is 0.327. The van der Waals surface area contributed by atoms with E-state index in [1.165, 1.54) is 19.3 Å². The van der Waals surface area contributed by atoms with E-state index in [4.69, 9.17) is 23.2 Å². The zero-order valence-corrected chi connectivity index (χ0v) is 12.5. The second-order valence-corrected chi connectivity index (χ2v) is 6.09. The molecule has 0 radical (unpaired) electrons. The van der Waals surface area contributed by atoms with Crippen molar-refractivity contribution in [2.24, 2.45) is 0 Å². The first-order valence-corrected chi connectivity index (χ1v) is 7.12. The van der Waals surface area contributed by atoms with Gasteiger partial charge in [-0.25, -0.2) is 0 Å². The van der Waals surface area contributed by atoms with Gasteiger partial charge in [-0.1, -0.05) is 29.3 Å². The summed E-state index contributed by atoms with van der Waals surface area (Å²) in [5.41, 5.74) is 1.32. The van der Waals surface area contributed by atoms with Crippen molar-refractivity contribution in [1.82, 2.24) is 10.2 Å². The standard InChI is InChI=1S/C14H20Cl2N2/c1-18(2)14(7-4-8-14)10-17-9-11-12(15)5-3-6-13(11)16/h3,5-6,17H,4,7-10H2,1-2H3. The van der Waals surface area contributed by atoms with Gasteiger partial charge in [0.05, 0.1) is 0 Å². The molecule has 1 fully saturated rings. The van der Waals surface area contributed by atoms with Gasteiger partial charge in [-0.3, -0.25) is 0 Å². The maximum Gasteiger partial charge on any atom is 0.0465 e. The molecule has 0 saturated heterocycles. The lowest BCUT2D eigenvalue weighted by Crippen LogP contribution is -2.56. The van der Waals surface area contributed by atoms with E-state index >= 15 is 0 Å². The number of likely N-dealkylation sites (N-methyl/N-ethyl adjacent to an activating group) is 1. The van der Waals surface area contributed by atoms with Crippen molar-refractivity contribution >= 4 is 23.2 Å². The Morgan fingerprint density at radius 1 is 1.22 bits per heavy atom. The average Bonchev–Trinajstić information content (AvgIpc) is 2.24. The maximum absolute atomic E-state index is 6.16. The predicted molar refractivity (Wildman–Crippen MR) is 78.4 cm³/mol. The maximum atomic E-state index is 6.16. The highest BCUT2D eigenvalue weighted by Gasteiger charge is 2.38. The van der Waals surface area contributed by atoms with Gasteiger partial charge in [0.25, 0.3) is 0 Å². The van der Waals surface area contributed by atoms with Crippen molar-refractivity contribution in [1.29, 1.82) is 0 Å². The molecule has 0 unspecified atom stereocenters. The zero-order valence-electron chi connectivity index (χ0n) is 11.0. The van der Waals surface area contributed by atoms with E-state index in [-0.39, 0.29) is 0 Å². The zero-order chi connectivity index (χ0) is 13.2. The molecule has 0 atom stereocenters. The minimum Gasteiger partial charge on any atom is -0.311 e. The molecule has 2 rings (SSSR count). The number of halogens is 2. The summed E-state index contributed by atoms with van der Waals surface area (Å²) in [6.07, 6.45) is 3.86. The number of rotatable bonds is 5. The van der Waals surface area contributed by atoms with Crippen LogP contribution < -0.4 is 5.32 Å². The Kier molecular flexibility index (Phi) is 4.54. The first-order chi connectivity index (χ1) is 8.55. The monoisotopic (exact) mass is 286 g/mol. The van der Waals surface area contributed by atoms with Gasteiger partial charge in [-0.05, 0) is 45.5 Å². The molecule has 1 aliphatic carbocycles. The normalized spacial score (nSPS) is 17.8. The summed E-state index contributed by atoms with van der Waals surface area (Å²) in [6, 6.07) is 5.65. The van der Waals surface area contributed by atoms with Crippen molar-refractivity contribution in [2.75, 3.05) is 20.6 Å². The van der Waals surface area contributed by atoms with Gasteiger partial charge in [-0.15, -0.1) is 0 Å². The second-order valence-electron chi connectivity index (χ2n) is 5.28. The van der Waals surface area contributed by atoms with Crippen LogP contribution in [0.15, 0.2) is 18.2 Å². The quantitative estimate of drug-likeness (QED) is 0.890. The van der Waals surface area contributed by atoms with E-state index in [9.17, 15) is 0 Å². The largest absolute Gasteiger partial charge is 0.311 e. The molecule has 1 aromatic rings. The van der Waals surface area contributed by atoms with Crippen LogP contribution in [-0.2, 0) is 6.54 Å². The highest BCUT2D eigenvalue weighted by molar-refractivity contribution is 6.35.